The highest BCUT2D eigenvalue weighted by Gasteiger charge is 2.40. The highest BCUT2D eigenvalue weighted by atomic mass is 16.5. The van der Waals surface area contributed by atoms with E-state index in [-0.39, 0.29) is 23.3 Å². The zero-order valence-electron chi connectivity index (χ0n) is 14.8. The van der Waals surface area contributed by atoms with Crippen molar-refractivity contribution in [2.45, 2.75) is 38.6 Å². The minimum Gasteiger partial charge on any atom is -0.351 e. The second-order valence-electron chi connectivity index (χ2n) is 7.36. The van der Waals surface area contributed by atoms with Crippen LogP contribution in [0.3, 0.4) is 0 Å². The Balaban J connectivity index is 1.73. The monoisotopic (exact) mass is 332 g/mol. The smallest absolute Gasteiger partial charge is 0.263 e. The molecule has 0 aromatic carbocycles. The van der Waals surface area contributed by atoms with Crippen molar-refractivity contribution in [1.82, 2.24) is 24.6 Å². The van der Waals surface area contributed by atoms with Crippen LogP contribution in [0.4, 0.5) is 5.95 Å². The van der Waals surface area contributed by atoms with Gasteiger partial charge in [0.05, 0.1) is 6.04 Å². The van der Waals surface area contributed by atoms with Gasteiger partial charge >= 0.3 is 0 Å². The van der Waals surface area contributed by atoms with Gasteiger partial charge in [0.2, 0.25) is 11.8 Å². The lowest BCUT2D eigenvalue weighted by Gasteiger charge is -2.24. The van der Waals surface area contributed by atoms with Gasteiger partial charge in [0.1, 0.15) is 5.82 Å². The molecule has 1 amide bonds. The normalized spacial score (nSPS) is 21.5. The molecule has 3 heterocycles. The van der Waals surface area contributed by atoms with E-state index in [0.29, 0.717) is 24.8 Å². The quantitative estimate of drug-likeness (QED) is 0.917. The lowest BCUT2D eigenvalue weighted by molar-refractivity contribution is -0.127. The maximum atomic E-state index is 12.2. The zero-order valence-corrected chi connectivity index (χ0v) is 14.8. The van der Waals surface area contributed by atoms with Gasteiger partial charge in [-0.1, -0.05) is 20.8 Å². The van der Waals surface area contributed by atoms with Gasteiger partial charge in [0.15, 0.2) is 0 Å². The van der Waals surface area contributed by atoms with Crippen LogP contribution in [0.25, 0.3) is 0 Å². The first-order valence-corrected chi connectivity index (χ1v) is 8.08. The average Bonchev–Trinajstić information content (AvgIpc) is 3.18. The Morgan fingerprint density at radius 3 is 2.71 bits per heavy atom. The molecular weight excluding hydrogens is 308 g/mol. The van der Waals surface area contributed by atoms with E-state index in [9.17, 15) is 4.79 Å². The Morgan fingerprint density at radius 1 is 1.38 bits per heavy atom. The number of carbonyl (C=O) groups is 1. The molecule has 2 atom stereocenters. The van der Waals surface area contributed by atoms with Gasteiger partial charge < -0.3 is 19.3 Å². The fraction of sp³-hybridized carbons (Fsp3) is 0.625. The lowest BCUT2D eigenvalue weighted by atomic mass is 9.97. The molecule has 1 aliphatic rings. The summed E-state index contributed by atoms with van der Waals surface area (Å²) in [5, 5.41) is 7.17. The number of nitrogens with one attached hydrogen (secondary N) is 1. The van der Waals surface area contributed by atoms with Crippen molar-refractivity contribution in [2.24, 2.45) is 13.0 Å². The second-order valence-corrected chi connectivity index (χ2v) is 7.36. The van der Waals surface area contributed by atoms with Crippen LogP contribution in [-0.4, -0.2) is 44.1 Å². The number of imidazole rings is 1. The van der Waals surface area contributed by atoms with Crippen molar-refractivity contribution >= 4 is 11.9 Å². The highest BCUT2D eigenvalue weighted by molar-refractivity contribution is 5.79. The fourth-order valence-corrected chi connectivity index (χ4v) is 3.00. The van der Waals surface area contributed by atoms with Crippen molar-refractivity contribution in [2.75, 3.05) is 18.9 Å². The summed E-state index contributed by atoms with van der Waals surface area (Å²) in [6.07, 6.45) is 4.13. The maximum absolute atomic E-state index is 12.2. The van der Waals surface area contributed by atoms with Gasteiger partial charge in [-0.2, -0.15) is 4.98 Å². The first kappa shape index (κ1) is 16.5. The number of amides is 1. The molecule has 1 aliphatic heterocycles. The van der Waals surface area contributed by atoms with Gasteiger partial charge in [-0.25, -0.2) is 4.98 Å². The van der Waals surface area contributed by atoms with E-state index < -0.39 is 0 Å². The molecule has 0 aliphatic carbocycles. The summed E-state index contributed by atoms with van der Waals surface area (Å²) in [7, 11) is 3.77. The Bertz CT molecular complexity index is 729. The first-order chi connectivity index (χ1) is 11.3. The molecule has 0 spiro atoms. The average molecular weight is 332 g/mol. The van der Waals surface area contributed by atoms with Crippen LogP contribution < -0.4 is 5.32 Å². The molecule has 3 rings (SSSR count). The largest absolute Gasteiger partial charge is 0.351 e. The van der Waals surface area contributed by atoms with Crippen LogP contribution in [0.2, 0.25) is 0 Å². The summed E-state index contributed by atoms with van der Waals surface area (Å²) in [5.74, 6) is 2.16. The SMILES string of the molecule is CN1C(=O)C[C@@H](CNc2noc(C(C)(C)C)n2)[C@@H]1c1nccn1C. The Hall–Kier alpha value is -2.38. The predicted octanol–water partition coefficient (Wildman–Crippen LogP) is 1.73. The minimum absolute atomic E-state index is 0.0565. The lowest BCUT2D eigenvalue weighted by Crippen LogP contribution is -2.28. The van der Waals surface area contributed by atoms with Crippen molar-refractivity contribution in [3.8, 4) is 0 Å². The third kappa shape index (κ3) is 3.00. The molecule has 0 radical (unpaired) electrons. The fourth-order valence-electron chi connectivity index (χ4n) is 3.00. The number of likely N-dealkylation sites (tertiary alicyclic amines) is 1. The molecule has 8 heteroatoms. The number of carbonyl (C=O) groups excluding carboxylic acids is 1. The number of hydrogen-bond donors (Lipinski definition) is 1. The van der Waals surface area contributed by atoms with E-state index in [2.05, 4.69) is 20.4 Å². The van der Waals surface area contributed by atoms with Gasteiger partial charge in [0, 0.05) is 50.8 Å². The number of hydrogen-bond acceptors (Lipinski definition) is 6. The summed E-state index contributed by atoms with van der Waals surface area (Å²) in [6.45, 7) is 6.64. The first-order valence-electron chi connectivity index (χ1n) is 8.08. The van der Waals surface area contributed by atoms with Crippen LogP contribution >= 0.6 is 0 Å². The summed E-state index contributed by atoms with van der Waals surface area (Å²) >= 11 is 0. The van der Waals surface area contributed by atoms with Gasteiger partial charge in [-0.05, 0) is 5.16 Å². The summed E-state index contributed by atoms with van der Waals surface area (Å²) in [5.41, 5.74) is -0.189. The Labute approximate surface area is 141 Å². The molecule has 0 saturated carbocycles. The third-order valence-electron chi connectivity index (χ3n) is 4.41. The molecule has 2 aromatic heterocycles. The van der Waals surface area contributed by atoms with Crippen LogP contribution in [0.15, 0.2) is 16.9 Å². The molecule has 24 heavy (non-hydrogen) atoms. The number of nitrogens with zero attached hydrogens (tertiary/aromatic N) is 5. The molecule has 8 nitrogen and oxygen atoms in total. The van der Waals surface area contributed by atoms with Gasteiger partial charge in [0.25, 0.3) is 5.95 Å². The number of anilines is 1. The van der Waals surface area contributed by atoms with E-state index >= 15 is 0 Å². The minimum atomic E-state index is -0.189. The van der Waals surface area contributed by atoms with Crippen molar-refractivity contribution in [3.05, 3.63) is 24.1 Å². The van der Waals surface area contributed by atoms with E-state index in [1.807, 2.05) is 45.6 Å². The molecule has 0 unspecified atom stereocenters. The van der Waals surface area contributed by atoms with Crippen LogP contribution in [0.5, 0.6) is 0 Å². The van der Waals surface area contributed by atoms with E-state index in [0.717, 1.165) is 5.82 Å². The highest BCUT2D eigenvalue weighted by Crippen LogP contribution is 2.36. The van der Waals surface area contributed by atoms with Crippen molar-refractivity contribution in [3.63, 3.8) is 0 Å². The number of aromatic nitrogens is 4. The van der Waals surface area contributed by atoms with E-state index in [1.165, 1.54) is 0 Å². The molecule has 2 aromatic rings. The van der Waals surface area contributed by atoms with E-state index in [4.69, 9.17) is 4.52 Å². The Kier molecular flexibility index (Phi) is 4.06. The summed E-state index contributed by atoms with van der Waals surface area (Å²) in [4.78, 5) is 22.7. The number of rotatable bonds is 4. The zero-order chi connectivity index (χ0) is 17.5. The summed E-state index contributed by atoms with van der Waals surface area (Å²) < 4.78 is 7.24. The third-order valence-corrected chi connectivity index (χ3v) is 4.41. The Morgan fingerprint density at radius 2 is 2.12 bits per heavy atom. The van der Waals surface area contributed by atoms with Crippen LogP contribution in [-0.2, 0) is 17.3 Å². The van der Waals surface area contributed by atoms with Crippen molar-refractivity contribution in [1.29, 1.82) is 0 Å². The maximum Gasteiger partial charge on any atom is 0.263 e. The molecule has 1 N–H and O–H groups in total. The van der Waals surface area contributed by atoms with E-state index in [1.54, 1.807) is 11.1 Å². The van der Waals surface area contributed by atoms with Gasteiger partial charge in [-0.3, -0.25) is 4.79 Å². The molecule has 1 saturated heterocycles. The van der Waals surface area contributed by atoms with Crippen LogP contribution in [0, 0.1) is 5.92 Å². The predicted molar refractivity (Wildman–Crippen MR) is 88.3 cm³/mol. The molecule has 0 bridgehead atoms. The standard InChI is InChI=1S/C16H24N6O2/c1-16(2,3)14-19-15(20-24-14)18-9-10-8-11(23)22(5)12(10)13-17-6-7-21(13)4/h6-7,10,12H,8-9H2,1-5H3,(H,18,20)/t10-,12+/m0/s1. The molecular formula is C16H24N6O2. The molecule has 1 fully saturated rings. The summed E-state index contributed by atoms with van der Waals surface area (Å²) in [6, 6.07) is -0.0565. The topological polar surface area (TPSA) is 89.1 Å². The van der Waals surface area contributed by atoms with Gasteiger partial charge in [-0.15, -0.1) is 0 Å². The number of aryl methyl sites for hydroxylation is 1. The van der Waals surface area contributed by atoms with Crippen LogP contribution in [0.1, 0.15) is 44.9 Å². The molecule has 130 valence electrons. The second kappa shape index (κ2) is 5.92. The van der Waals surface area contributed by atoms with Crippen molar-refractivity contribution < 1.29 is 9.32 Å².